The molecule has 134 valence electrons. The van der Waals surface area contributed by atoms with Crippen molar-refractivity contribution in [3.05, 3.63) is 95.9 Å². The Morgan fingerprint density at radius 3 is 2.26 bits per heavy atom. The van der Waals surface area contributed by atoms with Crippen LogP contribution in [0.3, 0.4) is 0 Å². The van der Waals surface area contributed by atoms with E-state index in [1.807, 2.05) is 30.3 Å². The number of nitrogens with zero attached hydrogens (tertiary/aromatic N) is 2. The van der Waals surface area contributed by atoms with Crippen LogP contribution in [0.1, 0.15) is 21.7 Å². The minimum Gasteiger partial charge on any atom is -0.296 e. The molecule has 27 heavy (non-hydrogen) atoms. The predicted molar refractivity (Wildman–Crippen MR) is 95.5 cm³/mol. The van der Waals surface area contributed by atoms with Gasteiger partial charge in [0.15, 0.2) is 5.82 Å². The SMILES string of the molecule is O=C(c1ccccc1C(F)(F)F)c1nc(-c2ccccc2)c2ccccn12. The number of ketones is 1. The maximum Gasteiger partial charge on any atom is 0.417 e. The Kier molecular flexibility index (Phi) is 4.03. The molecule has 0 aliphatic heterocycles. The van der Waals surface area contributed by atoms with Crippen molar-refractivity contribution in [1.29, 1.82) is 0 Å². The van der Waals surface area contributed by atoms with E-state index in [0.717, 1.165) is 11.6 Å². The molecule has 0 aliphatic rings. The van der Waals surface area contributed by atoms with Gasteiger partial charge in [0.1, 0.15) is 0 Å². The molecule has 6 heteroatoms. The van der Waals surface area contributed by atoms with E-state index in [1.165, 1.54) is 22.6 Å². The fourth-order valence-corrected chi connectivity index (χ4v) is 3.06. The van der Waals surface area contributed by atoms with Crippen molar-refractivity contribution >= 4 is 11.3 Å². The van der Waals surface area contributed by atoms with Gasteiger partial charge < -0.3 is 0 Å². The number of carbonyl (C=O) groups excluding carboxylic acids is 1. The van der Waals surface area contributed by atoms with Crippen molar-refractivity contribution in [3.8, 4) is 11.3 Å². The number of hydrogen-bond donors (Lipinski definition) is 0. The quantitative estimate of drug-likeness (QED) is 0.464. The number of benzene rings is 2. The second-order valence-electron chi connectivity index (χ2n) is 5.98. The highest BCUT2D eigenvalue weighted by atomic mass is 19.4. The number of rotatable bonds is 3. The molecule has 0 saturated carbocycles. The number of pyridine rings is 1. The average molecular weight is 366 g/mol. The van der Waals surface area contributed by atoms with Gasteiger partial charge in [-0.05, 0) is 18.2 Å². The Balaban J connectivity index is 1.93. The largest absolute Gasteiger partial charge is 0.417 e. The molecule has 4 rings (SSSR count). The third-order valence-electron chi connectivity index (χ3n) is 4.28. The Hall–Kier alpha value is -3.41. The van der Waals surface area contributed by atoms with E-state index in [1.54, 1.807) is 24.4 Å². The molecule has 0 radical (unpaired) electrons. The topological polar surface area (TPSA) is 34.4 Å². The van der Waals surface area contributed by atoms with Crippen LogP contribution < -0.4 is 0 Å². The zero-order valence-corrected chi connectivity index (χ0v) is 13.9. The van der Waals surface area contributed by atoms with Crippen molar-refractivity contribution in [2.75, 3.05) is 0 Å². The van der Waals surface area contributed by atoms with Gasteiger partial charge in [-0.1, -0.05) is 54.6 Å². The summed E-state index contributed by atoms with van der Waals surface area (Å²) in [5.74, 6) is -0.826. The van der Waals surface area contributed by atoms with Gasteiger partial charge >= 0.3 is 6.18 Å². The third kappa shape index (κ3) is 2.99. The second-order valence-corrected chi connectivity index (χ2v) is 5.98. The fourth-order valence-electron chi connectivity index (χ4n) is 3.06. The van der Waals surface area contributed by atoms with Gasteiger partial charge in [-0.15, -0.1) is 0 Å². The van der Waals surface area contributed by atoms with Crippen LogP contribution in [0.15, 0.2) is 79.0 Å². The number of hydrogen-bond acceptors (Lipinski definition) is 2. The van der Waals surface area contributed by atoms with E-state index < -0.39 is 23.1 Å². The Morgan fingerprint density at radius 2 is 1.52 bits per heavy atom. The van der Waals surface area contributed by atoms with Crippen LogP contribution in [0.25, 0.3) is 16.8 Å². The molecular weight excluding hydrogens is 353 g/mol. The molecule has 0 unspecified atom stereocenters. The molecule has 0 spiro atoms. The van der Waals surface area contributed by atoms with Gasteiger partial charge in [0.25, 0.3) is 0 Å². The van der Waals surface area contributed by atoms with E-state index in [2.05, 4.69) is 4.98 Å². The molecule has 0 saturated heterocycles. The smallest absolute Gasteiger partial charge is 0.296 e. The lowest BCUT2D eigenvalue weighted by Crippen LogP contribution is -2.15. The lowest BCUT2D eigenvalue weighted by Gasteiger charge is -2.11. The summed E-state index contributed by atoms with van der Waals surface area (Å²) < 4.78 is 41.5. The number of fused-ring (bicyclic) bond motifs is 1. The Bertz CT molecular complexity index is 1130. The molecule has 0 aliphatic carbocycles. The molecule has 2 heterocycles. The maximum absolute atomic E-state index is 13.3. The van der Waals surface area contributed by atoms with Gasteiger partial charge in [-0.2, -0.15) is 13.2 Å². The zero-order chi connectivity index (χ0) is 19.0. The molecule has 2 aromatic carbocycles. The molecule has 0 bridgehead atoms. The summed E-state index contributed by atoms with van der Waals surface area (Å²) in [4.78, 5) is 17.4. The van der Waals surface area contributed by atoms with Crippen LogP contribution in [-0.2, 0) is 6.18 Å². The normalized spacial score (nSPS) is 11.7. The zero-order valence-electron chi connectivity index (χ0n) is 13.9. The van der Waals surface area contributed by atoms with Gasteiger partial charge in [0.05, 0.1) is 16.8 Å². The van der Waals surface area contributed by atoms with Crippen molar-refractivity contribution in [2.45, 2.75) is 6.18 Å². The molecule has 0 fully saturated rings. The van der Waals surface area contributed by atoms with E-state index in [9.17, 15) is 18.0 Å². The summed E-state index contributed by atoms with van der Waals surface area (Å²) in [5.41, 5.74) is 0.592. The number of halogens is 3. The first-order chi connectivity index (χ1) is 13.0. The van der Waals surface area contributed by atoms with Crippen LogP contribution in [-0.4, -0.2) is 15.2 Å². The van der Waals surface area contributed by atoms with Crippen molar-refractivity contribution < 1.29 is 18.0 Å². The van der Waals surface area contributed by atoms with E-state index in [0.29, 0.717) is 11.2 Å². The van der Waals surface area contributed by atoms with Crippen molar-refractivity contribution in [2.24, 2.45) is 0 Å². The highest BCUT2D eigenvalue weighted by molar-refractivity contribution is 6.09. The molecule has 3 nitrogen and oxygen atoms in total. The first kappa shape index (κ1) is 17.0. The van der Waals surface area contributed by atoms with Crippen molar-refractivity contribution in [3.63, 3.8) is 0 Å². The first-order valence-electron chi connectivity index (χ1n) is 8.20. The number of imidazole rings is 1. The van der Waals surface area contributed by atoms with Crippen LogP contribution in [0.4, 0.5) is 13.2 Å². The summed E-state index contributed by atoms with van der Waals surface area (Å²) in [6, 6.07) is 19.2. The lowest BCUT2D eigenvalue weighted by atomic mass is 10.0. The second kappa shape index (κ2) is 6.39. The first-order valence-corrected chi connectivity index (χ1v) is 8.20. The number of carbonyl (C=O) groups is 1. The minimum absolute atomic E-state index is 0.0545. The number of alkyl halides is 3. The predicted octanol–water partition coefficient (Wildman–Crippen LogP) is 5.25. The molecule has 0 N–H and O–H groups in total. The Morgan fingerprint density at radius 1 is 0.852 bits per heavy atom. The van der Waals surface area contributed by atoms with Crippen molar-refractivity contribution in [1.82, 2.24) is 9.38 Å². The standard InChI is InChI=1S/C21H13F3N2O/c22-21(23,24)16-11-5-4-10-15(16)19(27)20-25-18(14-8-2-1-3-9-14)17-12-6-7-13-26(17)20/h1-13H. The summed E-state index contributed by atoms with van der Waals surface area (Å²) in [7, 11) is 0. The molecule has 0 atom stereocenters. The van der Waals surface area contributed by atoms with E-state index >= 15 is 0 Å². The van der Waals surface area contributed by atoms with Gasteiger partial charge in [0, 0.05) is 17.3 Å². The van der Waals surface area contributed by atoms with Crippen LogP contribution >= 0.6 is 0 Å². The summed E-state index contributed by atoms with van der Waals surface area (Å²) in [5, 5.41) is 0. The van der Waals surface area contributed by atoms with Gasteiger partial charge in [-0.25, -0.2) is 4.98 Å². The van der Waals surface area contributed by atoms with Gasteiger partial charge in [-0.3, -0.25) is 9.20 Å². The highest BCUT2D eigenvalue weighted by Gasteiger charge is 2.36. The number of aromatic nitrogens is 2. The molecular formula is C21H13F3N2O. The molecule has 2 aromatic heterocycles. The molecule has 0 amide bonds. The van der Waals surface area contributed by atoms with Gasteiger partial charge in [0.2, 0.25) is 5.78 Å². The lowest BCUT2D eigenvalue weighted by molar-refractivity contribution is -0.137. The molecule has 4 aromatic rings. The van der Waals surface area contributed by atoms with Crippen LogP contribution in [0, 0.1) is 0 Å². The minimum atomic E-state index is -4.62. The van der Waals surface area contributed by atoms with Crippen LogP contribution in [0.2, 0.25) is 0 Å². The maximum atomic E-state index is 13.3. The third-order valence-corrected chi connectivity index (χ3v) is 4.28. The average Bonchev–Trinajstić information content (AvgIpc) is 3.07. The highest BCUT2D eigenvalue weighted by Crippen LogP contribution is 2.33. The van der Waals surface area contributed by atoms with E-state index in [-0.39, 0.29) is 5.82 Å². The fraction of sp³-hybridized carbons (Fsp3) is 0.0476. The Labute approximate surface area is 152 Å². The summed E-state index contributed by atoms with van der Waals surface area (Å²) in [6.07, 6.45) is -3.00. The van der Waals surface area contributed by atoms with E-state index in [4.69, 9.17) is 0 Å². The summed E-state index contributed by atoms with van der Waals surface area (Å²) in [6.45, 7) is 0. The summed E-state index contributed by atoms with van der Waals surface area (Å²) >= 11 is 0. The van der Waals surface area contributed by atoms with Crippen LogP contribution in [0.5, 0.6) is 0 Å². The monoisotopic (exact) mass is 366 g/mol.